The maximum absolute atomic E-state index is 12.5. The van der Waals surface area contributed by atoms with Crippen LogP contribution in [0.2, 0.25) is 0 Å². The summed E-state index contributed by atoms with van der Waals surface area (Å²) < 4.78 is 12.5. The van der Waals surface area contributed by atoms with Gasteiger partial charge in [0.25, 0.3) is 0 Å². The number of amides is 1. The number of anilines is 2. The molecule has 110 valence electrons. The number of thioether (sulfide) groups is 1. The maximum atomic E-state index is 12.5. The number of nitrogens with one attached hydrogen (secondary N) is 1. The van der Waals surface area contributed by atoms with E-state index in [2.05, 4.69) is 5.32 Å². The van der Waals surface area contributed by atoms with Crippen LogP contribution in [0.4, 0.5) is 11.4 Å². The van der Waals surface area contributed by atoms with E-state index in [9.17, 15) is 9.00 Å². The fourth-order valence-electron chi connectivity index (χ4n) is 1.78. The molecule has 21 heavy (non-hydrogen) atoms. The van der Waals surface area contributed by atoms with E-state index < -0.39 is 10.8 Å². The molecule has 0 aliphatic heterocycles. The van der Waals surface area contributed by atoms with E-state index in [-0.39, 0.29) is 5.91 Å². The molecule has 0 saturated carbocycles. The Morgan fingerprint density at radius 3 is 2.33 bits per heavy atom. The smallest absolute Gasteiger partial charge is 0.221 e. The van der Waals surface area contributed by atoms with E-state index in [1.54, 1.807) is 30.0 Å². The second-order valence-electron chi connectivity index (χ2n) is 4.37. The van der Waals surface area contributed by atoms with Gasteiger partial charge in [-0.25, -0.2) is 4.21 Å². The lowest BCUT2D eigenvalue weighted by atomic mass is 10.2. The van der Waals surface area contributed by atoms with Crippen LogP contribution in [-0.2, 0) is 15.6 Å². The summed E-state index contributed by atoms with van der Waals surface area (Å²) in [4.78, 5) is 13.6. The fraction of sp³-hybridized carbons (Fsp3) is 0.133. The average Bonchev–Trinajstić information content (AvgIpc) is 2.48. The molecule has 3 N–H and O–H groups in total. The molecule has 1 amide bonds. The molecule has 6 heteroatoms. The third kappa shape index (κ3) is 3.86. The quantitative estimate of drug-likeness (QED) is 0.670. The molecule has 0 radical (unpaired) electrons. The van der Waals surface area contributed by atoms with Crippen molar-refractivity contribution in [2.75, 3.05) is 17.3 Å². The molecular formula is C15H16N2O2S2. The number of hydrogen-bond donors (Lipinski definition) is 2. The van der Waals surface area contributed by atoms with Crippen LogP contribution < -0.4 is 11.1 Å². The Morgan fingerprint density at radius 1 is 1.14 bits per heavy atom. The van der Waals surface area contributed by atoms with Gasteiger partial charge in [-0.1, -0.05) is 0 Å². The SMILES string of the molecule is CSc1ccc(S(=O)c2ccc(N)c(NC(C)=O)c2)cc1. The summed E-state index contributed by atoms with van der Waals surface area (Å²) in [6.45, 7) is 1.41. The topological polar surface area (TPSA) is 72.2 Å². The van der Waals surface area contributed by atoms with Crippen molar-refractivity contribution in [3.05, 3.63) is 42.5 Å². The van der Waals surface area contributed by atoms with Gasteiger partial charge >= 0.3 is 0 Å². The highest BCUT2D eigenvalue weighted by molar-refractivity contribution is 7.98. The van der Waals surface area contributed by atoms with E-state index in [4.69, 9.17) is 5.73 Å². The van der Waals surface area contributed by atoms with Gasteiger partial charge in [0.05, 0.1) is 22.2 Å². The van der Waals surface area contributed by atoms with Gasteiger partial charge in [0, 0.05) is 21.6 Å². The summed E-state index contributed by atoms with van der Waals surface area (Å²) in [6, 6.07) is 12.6. The normalized spacial score (nSPS) is 11.9. The number of rotatable bonds is 4. The van der Waals surface area contributed by atoms with Crippen LogP contribution in [0.15, 0.2) is 57.2 Å². The zero-order valence-corrected chi connectivity index (χ0v) is 13.4. The summed E-state index contributed by atoms with van der Waals surface area (Å²) in [5.41, 5.74) is 6.73. The lowest BCUT2D eigenvalue weighted by molar-refractivity contribution is -0.114. The summed E-state index contributed by atoms with van der Waals surface area (Å²) >= 11 is 1.63. The van der Waals surface area contributed by atoms with Gasteiger partial charge in [0.2, 0.25) is 5.91 Å². The first-order valence-corrected chi connectivity index (χ1v) is 8.61. The van der Waals surface area contributed by atoms with Crippen LogP contribution in [0, 0.1) is 0 Å². The molecule has 0 fully saturated rings. The zero-order chi connectivity index (χ0) is 15.4. The zero-order valence-electron chi connectivity index (χ0n) is 11.8. The molecule has 0 saturated heterocycles. The Bertz CT molecular complexity index is 685. The van der Waals surface area contributed by atoms with Crippen molar-refractivity contribution in [3.63, 3.8) is 0 Å². The highest BCUT2D eigenvalue weighted by Crippen LogP contribution is 2.26. The minimum atomic E-state index is -1.31. The fourth-order valence-corrected chi connectivity index (χ4v) is 3.26. The van der Waals surface area contributed by atoms with Gasteiger partial charge in [-0.15, -0.1) is 11.8 Å². The van der Waals surface area contributed by atoms with E-state index in [1.165, 1.54) is 6.92 Å². The van der Waals surface area contributed by atoms with Gasteiger partial charge < -0.3 is 11.1 Å². The van der Waals surface area contributed by atoms with Crippen molar-refractivity contribution < 1.29 is 9.00 Å². The van der Waals surface area contributed by atoms with Crippen molar-refractivity contribution in [1.82, 2.24) is 0 Å². The molecule has 2 rings (SSSR count). The van der Waals surface area contributed by atoms with Crippen molar-refractivity contribution in [2.24, 2.45) is 0 Å². The highest BCUT2D eigenvalue weighted by Gasteiger charge is 2.10. The minimum Gasteiger partial charge on any atom is -0.397 e. The Morgan fingerprint density at radius 2 is 1.76 bits per heavy atom. The lowest BCUT2D eigenvalue weighted by Crippen LogP contribution is -2.08. The van der Waals surface area contributed by atoms with Crippen molar-refractivity contribution in [1.29, 1.82) is 0 Å². The monoisotopic (exact) mass is 320 g/mol. The highest BCUT2D eigenvalue weighted by atomic mass is 32.2. The predicted molar refractivity (Wildman–Crippen MR) is 88.1 cm³/mol. The minimum absolute atomic E-state index is 0.214. The number of carbonyl (C=O) groups is 1. The van der Waals surface area contributed by atoms with E-state index >= 15 is 0 Å². The van der Waals surface area contributed by atoms with Gasteiger partial charge in [-0.05, 0) is 48.7 Å². The van der Waals surface area contributed by atoms with Crippen LogP contribution in [0.5, 0.6) is 0 Å². The van der Waals surface area contributed by atoms with Gasteiger partial charge in [0.15, 0.2) is 0 Å². The average molecular weight is 320 g/mol. The first-order valence-electron chi connectivity index (χ1n) is 6.24. The Hall–Kier alpha value is -1.79. The van der Waals surface area contributed by atoms with Crippen LogP contribution in [0.3, 0.4) is 0 Å². The van der Waals surface area contributed by atoms with E-state index in [0.29, 0.717) is 21.2 Å². The van der Waals surface area contributed by atoms with Crippen molar-refractivity contribution >= 4 is 39.8 Å². The Balaban J connectivity index is 2.31. The van der Waals surface area contributed by atoms with Crippen LogP contribution in [0.25, 0.3) is 0 Å². The second-order valence-corrected chi connectivity index (χ2v) is 6.73. The van der Waals surface area contributed by atoms with Crippen LogP contribution in [0.1, 0.15) is 6.92 Å². The first-order chi connectivity index (χ1) is 10.0. The van der Waals surface area contributed by atoms with Crippen molar-refractivity contribution in [2.45, 2.75) is 21.6 Å². The van der Waals surface area contributed by atoms with Crippen molar-refractivity contribution in [3.8, 4) is 0 Å². The molecular weight excluding hydrogens is 304 g/mol. The molecule has 0 bridgehead atoms. The maximum Gasteiger partial charge on any atom is 0.221 e. The van der Waals surface area contributed by atoms with Crippen LogP contribution in [-0.4, -0.2) is 16.4 Å². The molecule has 1 unspecified atom stereocenters. The summed E-state index contributed by atoms with van der Waals surface area (Å²) in [6.07, 6.45) is 1.99. The number of benzene rings is 2. The Labute approximate surface area is 130 Å². The predicted octanol–water partition coefficient (Wildman–Crippen LogP) is 3.12. The van der Waals surface area contributed by atoms with Gasteiger partial charge in [-0.3, -0.25) is 4.79 Å². The molecule has 1 atom stereocenters. The molecule has 0 aromatic heterocycles. The molecule has 4 nitrogen and oxygen atoms in total. The summed E-state index contributed by atoms with van der Waals surface area (Å²) in [5.74, 6) is -0.214. The molecule has 2 aromatic rings. The number of nitrogens with two attached hydrogens (primary N) is 1. The second kappa shape index (κ2) is 6.78. The number of hydrogen-bond acceptors (Lipinski definition) is 4. The molecule has 0 heterocycles. The molecule has 0 aliphatic carbocycles. The lowest BCUT2D eigenvalue weighted by Gasteiger charge is -2.09. The van der Waals surface area contributed by atoms with E-state index in [1.807, 2.05) is 30.5 Å². The van der Waals surface area contributed by atoms with Gasteiger partial charge in [-0.2, -0.15) is 0 Å². The third-order valence-corrected chi connectivity index (χ3v) is 4.95. The number of carbonyl (C=O) groups excluding carboxylic acids is 1. The molecule has 0 aliphatic rings. The van der Waals surface area contributed by atoms with E-state index in [0.717, 1.165) is 4.90 Å². The summed E-state index contributed by atoms with van der Waals surface area (Å²) in [7, 11) is -1.31. The molecule has 0 spiro atoms. The molecule has 2 aromatic carbocycles. The largest absolute Gasteiger partial charge is 0.397 e. The standard InChI is InChI=1S/C15H16N2O2S2/c1-10(18)17-15-9-13(7-8-14(15)16)21(19)12-5-3-11(20-2)4-6-12/h3-9H,16H2,1-2H3,(H,17,18). The number of nitrogen functional groups attached to an aromatic ring is 1. The summed E-state index contributed by atoms with van der Waals surface area (Å²) in [5, 5.41) is 2.64. The Kier molecular flexibility index (Phi) is 5.03. The van der Waals surface area contributed by atoms with Crippen LogP contribution >= 0.6 is 11.8 Å². The first kappa shape index (κ1) is 15.6. The van der Waals surface area contributed by atoms with Gasteiger partial charge in [0.1, 0.15) is 0 Å². The third-order valence-electron chi connectivity index (χ3n) is 2.82.